The monoisotopic (exact) mass is 694 g/mol. The van der Waals surface area contributed by atoms with Crippen LogP contribution in [0.1, 0.15) is 76.5 Å². The van der Waals surface area contributed by atoms with E-state index in [0.717, 1.165) is 21.7 Å². The molecular weight excluding hydrogens is 645 g/mol. The zero-order chi connectivity index (χ0) is 35.5. The molecule has 49 heavy (non-hydrogen) atoms. The average Bonchev–Trinajstić information content (AvgIpc) is 3.78. The van der Waals surface area contributed by atoms with Gasteiger partial charge in [-0.15, -0.1) is 16.4 Å². The number of thiazole rings is 1. The van der Waals surface area contributed by atoms with E-state index >= 15 is 0 Å². The van der Waals surface area contributed by atoms with Crippen LogP contribution in [-0.2, 0) is 14.3 Å². The average molecular weight is 695 g/mol. The highest BCUT2D eigenvalue weighted by Crippen LogP contribution is 2.31. The number of aryl methyl sites for hydroxylation is 2. The maximum atomic E-state index is 14.1. The first-order chi connectivity index (χ1) is 23.2. The van der Waals surface area contributed by atoms with Crippen LogP contribution in [-0.4, -0.2) is 115 Å². The molecule has 4 heterocycles. The second-order valence-corrected chi connectivity index (χ2v) is 15.3. The Hall–Kier alpha value is -3.88. The van der Waals surface area contributed by atoms with Gasteiger partial charge in [-0.3, -0.25) is 14.5 Å². The summed E-state index contributed by atoms with van der Waals surface area (Å²) in [6.45, 7) is 16.5. The van der Waals surface area contributed by atoms with E-state index in [-0.39, 0.29) is 42.8 Å². The molecule has 266 valence electrons. The van der Waals surface area contributed by atoms with Gasteiger partial charge < -0.3 is 25.0 Å². The third-order valence-corrected chi connectivity index (χ3v) is 10.0. The minimum atomic E-state index is -0.827. The Morgan fingerprint density at radius 2 is 1.78 bits per heavy atom. The van der Waals surface area contributed by atoms with Crippen LogP contribution in [0, 0.1) is 19.8 Å². The van der Waals surface area contributed by atoms with Gasteiger partial charge in [0.2, 0.25) is 11.8 Å². The quantitative estimate of drug-likeness (QED) is 0.322. The van der Waals surface area contributed by atoms with E-state index in [0.29, 0.717) is 44.8 Å². The van der Waals surface area contributed by atoms with Crippen molar-refractivity contribution >= 4 is 29.2 Å². The van der Waals surface area contributed by atoms with Crippen LogP contribution in [0.2, 0.25) is 0 Å². The van der Waals surface area contributed by atoms with Gasteiger partial charge >= 0.3 is 6.09 Å². The van der Waals surface area contributed by atoms with Crippen LogP contribution in [0.15, 0.2) is 36.0 Å². The van der Waals surface area contributed by atoms with Crippen molar-refractivity contribution in [2.45, 2.75) is 91.1 Å². The second-order valence-electron chi connectivity index (χ2n) is 14.5. The number of carbonyl (C=O) groups is 3. The van der Waals surface area contributed by atoms with E-state index in [2.05, 4.69) is 37.6 Å². The van der Waals surface area contributed by atoms with Crippen molar-refractivity contribution in [3.63, 3.8) is 0 Å². The first kappa shape index (κ1) is 36.4. The van der Waals surface area contributed by atoms with E-state index in [1.807, 2.05) is 66.1 Å². The fourth-order valence-electron chi connectivity index (χ4n) is 6.51. The summed E-state index contributed by atoms with van der Waals surface area (Å²) in [5.74, 6) is -0.677. The maximum absolute atomic E-state index is 14.1. The summed E-state index contributed by atoms with van der Waals surface area (Å²) < 4.78 is 7.11. The highest BCUT2D eigenvalue weighted by molar-refractivity contribution is 7.13. The molecule has 13 nitrogen and oxygen atoms in total. The normalized spacial score (nSPS) is 20.0. The molecule has 0 radical (unpaired) electrons. The highest BCUT2D eigenvalue weighted by atomic mass is 32.1. The minimum Gasteiger partial charge on any atom is -0.444 e. The lowest BCUT2D eigenvalue weighted by Gasteiger charge is -2.36. The van der Waals surface area contributed by atoms with Crippen molar-refractivity contribution in [1.82, 2.24) is 40.0 Å². The van der Waals surface area contributed by atoms with Gasteiger partial charge in [-0.25, -0.2) is 14.5 Å². The van der Waals surface area contributed by atoms with E-state index in [1.54, 1.807) is 27.1 Å². The first-order valence-corrected chi connectivity index (χ1v) is 18.0. The predicted molar refractivity (Wildman–Crippen MR) is 187 cm³/mol. The zero-order valence-electron chi connectivity index (χ0n) is 29.6. The van der Waals surface area contributed by atoms with Crippen LogP contribution >= 0.6 is 11.3 Å². The molecule has 4 atom stereocenters. The molecule has 2 fully saturated rings. The fourth-order valence-corrected chi connectivity index (χ4v) is 7.32. The number of nitrogens with zero attached hydrogens (tertiary/aromatic N) is 7. The van der Waals surface area contributed by atoms with Crippen molar-refractivity contribution in [2.75, 3.05) is 39.3 Å². The Balaban J connectivity index is 1.31. The summed E-state index contributed by atoms with van der Waals surface area (Å²) in [7, 11) is 0. The van der Waals surface area contributed by atoms with Crippen LogP contribution in [0.3, 0.4) is 0 Å². The lowest BCUT2D eigenvalue weighted by molar-refractivity contribution is -0.142. The third kappa shape index (κ3) is 9.03. The number of aliphatic hydroxyl groups is 1. The van der Waals surface area contributed by atoms with Crippen molar-refractivity contribution in [2.24, 2.45) is 5.92 Å². The van der Waals surface area contributed by atoms with Gasteiger partial charge in [0, 0.05) is 51.9 Å². The molecule has 2 aromatic heterocycles. The molecule has 0 saturated carbocycles. The van der Waals surface area contributed by atoms with Crippen molar-refractivity contribution in [1.29, 1.82) is 0 Å². The summed E-state index contributed by atoms with van der Waals surface area (Å²) in [5.41, 5.74) is 4.96. The van der Waals surface area contributed by atoms with Crippen LogP contribution < -0.4 is 5.32 Å². The highest BCUT2D eigenvalue weighted by Gasteiger charge is 2.43. The minimum absolute atomic E-state index is 0.0727. The van der Waals surface area contributed by atoms with Crippen molar-refractivity contribution in [3.05, 3.63) is 52.9 Å². The van der Waals surface area contributed by atoms with Gasteiger partial charge in [0.25, 0.3) is 0 Å². The number of hydrogen-bond acceptors (Lipinski definition) is 10. The van der Waals surface area contributed by atoms with E-state index in [1.165, 1.54) is 4.90 Å². The van der Waals surface area contributed by atoms with Crippen molar-refractivity contribution in [3.8, 4) is 10.4 Å². The van der Waals surface area contributed by atoms with Crippen LogP contribution in [0.25, 0.3) is 10.4 Å². The molecule has 2 N–H and O–H groups in total. The number of piperazine rings is 1. The first-order valence-electron chi connectivity index (χ1n) is 17.1. The number of rotatable bonds is 10. The molecule has 0 spiro atoms. The van der Waals surface area contributed by atoms with E-state index in [9.17, 15) is 19.5 Å². The van der Waals surface area contributed by atoms with E-state index < -0.39 is 23.8 Å². The van der Waals surface area contributed by atoms with E-state index in [4.69, 9.17) is 4.74 Å². The van der Waals surface area contributed by atoms with Gasteiger partial charge in [-0.05, 0) is 58.1 Å². The lowest BCUT2D eigenvalue weighted by atomic mass is 9.99. The number of β-amino-alcohol motifs (C(OH)–C–C–N with tert-alkyl or cyclic N) is 1. The van der Waals surface area contributed by atoms with Crippen LogP contribution in [0.4, 0.5) is 4.79 Å². The number of ether oxygens (including phenoxy) is 1. The summed E-state index contributed by atoms with van der Waals surface area (Å²) in [5, 5.41) is 22.2. The molecule has 2 saturated heterocycles. The fraction of sp³-hybridized carbons (Fsp3) is 0.600. The number of aromatic nitrogens is 4. The van der Waals surface area contributed by atoms with Crippen LogP contribution in [0.5, 0.6) is 0 Å². The summed E-state index contributed by atoms with van der Waals surface area (Å²) >= 11 is 1.59. The maximum Gasteiger partial charge on any atom is 0.410 e. The number of carbonyl (C=O) groups excluding carboxylic acids is 3. The smallest absolute Gasteiger partial charge is 0.410 e. The topological polar surface area (TPSA) is 146 Å². The molecule has 3 aromatic rings. The van der Waals surface area contributed by atoms with Gasteiger partial charge in [0.1, 0.15) is 17.7 Å². The largest absolute Gasteiger partial charge is 0.444 e. The summed E-state index contributed by atoms with van der Waals surface area (Å²) in [6.07, 6.45) is 1.39. The molecule has 14 heteroatoms. The van der Waals surface area contributed by atoms with Gasteiger partial charge in [0.15, 0.2) is 0 Å². The SMILES string of the molecule is Cc1cn([C@H](C(=O)N2C[C@H](O)C[C@H]2C(=O)N[C@@H](CCN2CCN(C(=O)OC(C)(C)C)CC2)c2ccc(-c3scnc3C)cc2)C(C)C)nn1. The second kappa shape index (κ2) is 15.3. The molecule has 0 aliphatic carbocycles. The van der Waals surface area contributed by atoms with Gasteiger partial charge in [-0.2, -0.15) is 0 Å². The molecule has 2 aliphatic rings. The predicted octanol–water partition coefficient (Wildman–Crippen LogP) is 3.98. The van der Waals surface area contributed by atoms with Gasteiger partial charge in [-0.1, -0.05) is 43.3 Å². The molecule has 2 aliphatic heterocycles. The molecule has 0 bridgehead atoms. The standard InChI is InChI=1S/C35H50N8O5S/c1-22(2)30(43-19-23(3)38-39-43)33(46)42-20-27(44)18-29(42)32(45)37-28(25-8-10-26(11-9-25)31-24(4)36-21-49-31)12-13-40-14-16-41(17-15-40)34(47)48-35(5,6)7/h8-11,19,21-22,27-30,44H,12-18,20H2,1-7H3,(H,37,45)/t27-,28+,29+,30+/m1/s1. The molecular formula is C35H50N8O5S. The Bertz CT molecular complexity index is 1590. The Kier molecular flexibility index (Phi) is 11.4. The number of amides is 3. The van der Waals surface area contributed by atoms with Crippen molar-refractivity contribution < 1.29 is 24.2 Å². The summed E-state index contributed by atoms with van der Waals surface area (Å²) in [4.78, 5) is 51.7. The molecule has 3 amide bonds. The number of likely N-dealkylation sites (tertiary alicyclic amines) is 1. The third-order valence-electron chi connectivity index (χ3n) is 9.05. The number of aliphatic hydroxyl groups excluding tert-OH is 1. The molecule has 5 rings (SSSR count). The summed E-state index contributed by atoms with van der Waals surface area (Å²) in [6, 6.07) is 6.35. The number of benzene rings is 1. The zero-order valence-corrected chi connectivity index (χ0v) is 30.4. The van der Waals surface area contributed by atoms with Gasteiger partial charge in [0.05, 0.1) is 33.9 Å². The number of hydrogen-bond donors (Lipinski definition) is 2. The molecule has 1 aromatic carbocycles. The lowest BCUT2D eigenvalue weighted by Crippen LogP contribution is -2.51. The molecule has 0 unspecified atom stereocenters. The Morgan fingerprint density at radius 1 is 1.08 bits per heavy atom. The Morgan fingerprint density at radius 3 is 2.35 bits per heavy atom. The Labute approximate surface area is 292 Å². The number of nitrogens with one attached hydrogen (secondary N) is 1.